The lowest BCUT2D eigenvalue weighted by molar-refractivity contribution is 0.208. The molecule has 4 nitrogen and oxygen atoms in total. The van der Waals surface area contributed by atoms with Gasteiger partial charge in [-0.1, -0.05) is 0 Å². The maximum absolute atomic E-state index is 5.94. The molecule has 2 aliphatic heterocycles. The summed E-state index contributed by atoms with van der Waals surface area (Å²) in [5.41, 5.74) is 1.17. The molecule has 1 N–H and O–H groups in total. The Kier molecular flexibility index (Phi) is 4.01. The highest BCUT2D eigenvalue weighted by Gasteiger charge is 2.26. The Morgan fingerprint density at radius 3 is 3.10 bits per heavy atom. The van der Waals surface area contributed by atoms with Gasteiger partial charge in [0.2, 0.25) is 0 Å². The number of piperidine rings is 1. The molecule has 0 bridgehead atoms. The first kappa shape index (κ1) is 13.6. The lowest BCUT2D eigenvalue weighted by atomic mass is 9.98. The summed E-state index contributed by atoms with van der Waals surface area (Å²) in [6.45, 7) is 6.49. The first-order chi connectivity index (χ1) is 9.76. The van der Waals surface area contributed by atoms with Crippen LogP contribution in [-0.2, 0) is 0 Å². The van der Waals surface area contributed by atoms with E-state index in [-0.39, 0.29) is 6.10 Å². The van der Waals surface area contributed by atoms with Crippen LogP contribution in [0.3, 0.4) is 0 Å². The van der Waals surface area contributed by atoms with Crippen LogP contribution < -0.4 is 19.7 Å². The average molecular weight is 276 g/mol. The van der Waals surface area contributed by atoms with Gasteiger partial charge in [0.1, 0.15) is 17.6 Å². The van der Waals surface area contributed by atoms with Gasteiger partial charge >= 0.3 is 0 Å². The normalized spacial score (nSPS) is 25.8. The van der Waals surface area contributed by atoms with Crippen LogP contribution in [0.15, 0.2) is 18.2 Å². The van der Waals surface area contributed by atoms with Crippen molar-refractivity contribution in [2.24, 2.45) is 5.92 Å². The smallest absolute Gasteiger partial charge is 0.143 e. The number of benzene rings is 1. The second-order valence-electron chi connectivity index (χ2n) is 5.88. The number of nitrogens with one attached hydrogen (secondary N) is 1. The maximum atomic E-state index is 5.94. The van der Waals surface area contributed by atoms with E-state index >= 15 is 0 Å². The largest absolute Gasteiger partial charge is 0.497 e. The van der Waals surface area contributed by atoms with Gasteiger partial charge in [0.05, 0.1) is 19.3 Å². The number of rotatable bonds is 3. The molecule has 3 rings (SSSR count). The first-order valence-corrected chi connectivity index (χ1v) is 7.56. The van der Waals surface area contributed by atoms with E-state index in [2.05, 4.69) is 23.2 Å². The molecule has 110 valence electrons. The predicted octanol–water partition coefficient (Wildman–Crippen LogP) is 2.28. The van der Waals surface area contributed by atoms with E-state index in [0.717, 1.165) is 37.1 Å². The van der Waals surface area contributed by atoms with Gasteiger partial charge in [-0.05, 0) is 50.9 Å². The lowest BCUT2D eigenvalue weighted by Crippen LogP contribution is -2.44. The van der Waals surface area contributed by atoms with Gasteiger partial charge in [0.25, 0.3) is 0 Å². The van der Waals surface area contributed by atoms with Crippen molar-refractivity contribution in [3.05, 3.63) is 18.2 Å². The summed E-state index contributed by atoms with van der Waals surface area (Å²) < 4.78 is 11.3. The van der Waals surface area contributed by atoms with E-state index in [1.165, 1.54) is 25.1 Å². The van der Waals surface area contributed by atoms with Crippen molar-refractivity contribution < 1.29 is 9.47 Å². The summed E-state index contributed by atoms with van der Waals surface area (Å²) in [5, 5.41) is 3.50. The molecule has 1 saturated heterocycles. The van der Waals surface area contributed by atoms with Crippen molar-refractivity contribution in [3.63, 3.8) is 0 Å². The summed E-state index contributed by atoms with van der Waals surface area (Å²) in [6.07, 6.45) is 2.85. The molecule has 0 saturated carbocycles. The van der Waals surface area contributed by atoms with E-state index in [9.17, 15) is 0 Å². The number of methoxy groups -OCH3 is 1. The van der Waals surface area contributed by atoms with E-state index in [4.69, 9.17) is 9.47 Å². The number of ether oxygens (including phenoxy) is 2. The van der Waals surface area contributed by atoms with Crippen LogP contribution in [0.4, 0.5) is 5.69 Å². The van der Waals surface area contributed by atoms with Crippen LogP contribution in [0.2, 0.25) is 0 Å². The zero-order valence-electron chi connectivity index (χ0n) is 12.4. The number of hydrogen-bond acceptors (Lipinski definition) is 4. The summed E-state index contributed by atoms with van der Waals surface area (Å²) >= 11 is 0. The molecule has 1 fully saturated rings. The lowest BCUT2D eigenvalue weighted by Gasteiger charge is -2.38. The number of hydrogen-bond donors (Lipinski definition) is 1. The number of nitrogens with zero attached hydrogens (tertiary/aromatic N) is 1. The topological polar surface area (TPSA) is 33.7 Å². The van der Waals surface area contributed by atoms with Crippen molar-refractivity contribution in [1.29, 1.82) is 0 Å². The van der Waals surface area contributed by atoms with Crippen LogP contribution in [0, 0.1) is 5.92 Å². The van der Waals surface area contributed by atoms with Crippen LogP contribution in [0.1, 0.15) is 19.8 Å². The van der Waals surface area contributed by atoms with Gasteiger partial charge in [-0.25, -0.2) is 0 Å². The minimum atomic E-state index is 0.243. The Labute approximate surface area is 121 Å². The fraction of sp³-hybridized carbons (Fsp3) is 0.625. The Balaban J connectivity index is 1.80. The standard InChI is InChI=1S/C16H24N2O2/c1-12-10-18(11-13-4-3-7-17-9-13)15-8-14(19-2)5-6-16(15)20-12/h5-6,8,12-13,17H,3-4,7,9-11H2,1-2H3. The second-order valence-corrected chi connectivity index (χ2v) is 5.88. The fourth-order valence-corrected chi connectivity index (χ4v) is 3.20. The van der Waals surface area contributed by atoms with Crippen molar-refractivity contribution in [3.8, 4) is 11.5 Å². The van der Waals surface area contributed by atoms with Gasteiger partial charge in [0.15, 0.2) is 0 Å². The molecule has 4 heteroatoms. The first-order valence-electron chi connectivity index (χ1n) is 7.56. The van der Waals surface area contributed by atoms with E-state index in [1.807, 2.05) is 12.1 Å². The SMILES string of the molecule is COc1ccc2c(c1)N(CC1CCCNC1)CC(C)O2. The molecular weight excluding hydrogens is 252 g/mol. The van der Waals surface area contributed by atoms with Crippen LogP contribution in [-0.4, -0.2) is 39.4 Å². The summed E-state index contributed by atoms with van der Waals surface area (Å²) in [5.74, 6) is 2.61. The average Bonchev–Trinajstić information content (AvgIpc) is 2.48. The Hall–Kier alpha value is -1.42. The quantitative estimate of drug-likeness (QED) is 0.918. The molecule has 1 aromatic carbocycles. The number of fused-ring (bicyclic) bond motifs is 1. The second kappa shape index (κ2) is 5.92. The fourth-order valence-electron chi connectivity index (χ4n) is 3.20. The Morgan fingerprint density at radius 2 is 2.35 bits per heavy atom. The van der Waals surface area contributed by atoms with Gasteiger partial charge < -0.3 is 19.7 Å². The van der Waals surface area contributed by atoms with Crippen LogP contribution in [0.25, 0.3) is 0 Å². The molecule has 2 aliphatic rings. The van der Waals surface area contributed by atoms with Gasteiger partial charge in [-0.15, -0.1) is 0 Å². The summed E-state index contributed by atoms with van der Waals surface area (Å²) in [6, 6.07) is 6.09. The van der Waals surface area contributed by atoms with E-state index < -0.39 is 0 Å². The third-order valence-corrected chi connectivity index (χ3v) is 4.19. The highest BCUT2D eigenvalue weighted by Crippen LogP contribution is 2.37. The molecule has 2 heterocycles. The van der Waals surface area contributed by atoms with E-state index in [1.54, 1.807) is 7.11 Å². The van der Waals surface area contributed by atoms with Crippen molar-refractivity contribution in [2.75, 3.05) is 38.2 Å². The zero-order valence-corrected chi connectivity index (χ0v) is 12.4. The molecular formula is C16H24N2O2. The van der Waals surface area contributed by atoms with Crippen molar-refractivity contribution >= 4 is 5.69 Å². The Morgan fingerprint density at radius 1 is 1.45 bits per heavy atom. The molecule has 0 spiro atoms. The molecule has 2 atom stereocenters. The molecule has 0 radical (unpaired) electrons. The molecule has 0 aliphatic carbocycles. The van der Waals surface area contributed by atoms with Gasteiger partial charge in [0, 0.05) is 12.6 Å². The third kappa shape index (κ3) is 2.85. The summed E-state index contributed by atoms with van der Waals surface area (Å²) in [4.78, 5) is 2.46. The minimum Gasteiger partial charge on any atom is -0.497 e. The third-order valence-electron chi connectivity index (χ3n) is 4.19. The zero-order chi connectivity index (χ0) is 13.9. The highest BCUT2D eigenvalue weighted by molar-refractivity contribution is 5.63. The number of anilines is 1. The predicted molar refractivity (Wildman–Crippen MR) is 80.9 cm³/mol. The van der Waals surface area contributed by atoms with Gasteiger partial charge in [-0.2, -0.15) is 0 Å². The molecule has 2 unspecified atom stereocenters. The van der Waals surface area contributed by atoms with Crippen molar-refractivity contribution in [2.45, 2.75) is 25.9 Å². The van der Waals surface area contributed by atoms with Crippen molar-refractivity contribution in [1.82, 2.24) is 5.32 Å². The van der Waals surface area contributed by atoms with E-state index in [0.29, 0.717) is 0 Å². The highest BCUT2D eigenvalue weighted by atomic mass is 16.5. The van der Waals surface area contributed by atoms with Gasteiger partial charge in [-0.3, -0.25) is 0 Å². The Bertz CT molecular complexity index is 458. The molecule has 20 heavy (non-hydrogen) atoms. The maximum Gasteiger partial charge on any atom is 0.143 e. The summed E-state index contributed by atoms with van der Waals surface area (Å²) in [7, 11) is 1.71. The molecule has 1 aromatic rings. The molecule has 0 aromatic heterocycles. The van der Waals surface area contributed by atoms with Crippen LogP contribution in [0.5, 0.6) is 11.5 Å². The molecule has 0 amide bonds. The monoisotopic (exact) mass is 276 g/mol. The minimum absolute atomic E-state index is 0.243. The van der Waals surface area contributed by atoms with Crippen LogP contribution >= 0.6 is 0 Å².